The van der Waals surface area contributed by atoms with Gasteiger partial charge in [0.25, 0.3) is 0 Å². The van der Waals surface area contributed by atoms with E-state index in [9.17, 15) is 9.59 Å². The average molecular weight is 367 g/mol. The number of carbonyl (C=O) groups is 2. The molecule has 2 aromatic rings. The van der Waals surface area contributed by atoms with Gasteiger partial charge in [-0.25, -0.2) is 0 Å². The smallest absolute Gasteiger partial charge is 0.241 e. The first kappa shape index (κ1) is 20.8. The van der Waals surface area contributed by atoms with Gasteiger partial charge in [0, 0.05) is 17.3 Å². The third-order valence-electron chi connectivity index (χ3n) is 4.80. The predicted octanol–water partition coefficient (Wildman–Crippen LogP) is 4.77. The first-order chi connectivity index (χ1) is 12.8. The molecule has 27 heavy (non-hydrogen) atoms. The second-order valence-corrected chi connectivity index (χ2v) is 7.33. The molecule has 0 saturated carbocycles. The number of carbonyl (C=O) groups excluding carboxylic acids is 2. The van der Waals surface area contributed by atoms with Gasteiger partial charge in [-0.3, -0.25) is 14.9 Å². The lowest BCUT2D eigenvalue weighted by molar-refractivity contribution is -0.118. The predicted molar refractivity (Wildman–Crippen MR) is 111 cm³/mol. The lowest BCUT2D eigenvalue weighted by Crippen LogP contribution is -2.41. The quantitative estimate of drug-likeness (QED) is 0.662. The first-order valence-electron chi connectivity index (χ1n) is 9.58. The molecule has 0 aliphatic heterocycles. The van der Waals surface area contributed by atoms with Crippen LogP contribution < -0.4 is 10.6 Å². The minimum absolute atomic E-state index is 0.0109. The normalized spacial score (nSPS) is 13.3. The van der Waals surface area contributed by atoms with Gasteiger partial charge < -0.3 is 5.32 Å². The van der Waals surface area contributed by atoms with E-state index in [0.717, 1.165) is 6.42 Å². The summed E-state index contributed by atoms with van der Waals surface area (Å²) in [4.78, 5) is 23.9. The molecular weight excluding hydrogens is 336 g/mol. The number of amides is 1. The molecule has 2 rings (SSSR count). The zero-order valence-electron chi connectivity index (χ0n) is 16.9. The molecule has 0 radical (unpaired) electrons. The summed E-state index contributed by atoms with van der Waals surface area (Å²) in [5.74, 6) is 0.265. The van der Waals surface area contributed by atoms with Crippen molar-refractivity contribution in [3.8, 4) is 0 Å². The summed E-state index contributed by atoms with van der Waals surface area (Å²) in [5.41, 5.74) is 3.82. The van der Waals surface area contributed by atoms with Crippen LogP contribution in [0, 0.1) is 5.92 Å². The number of rotatable bonds is 8. The Kier molecular flexibility index (Phi) is 7.31. The van der Waals surface area contributed by atoms with Gasteiger partial charge in [0.15, 0.2) is 5.78 Å². The second-order valence-electron chi connectivity index (χ2n) is 7.33. The van der Waals surface area contributed by atoms with Crippen molar-refractivity contribution >= 4 is 17.4 Å². The molecule has 0 aliphatic rings. The van der Waals surface area contributed by atoms with Crippen LogP contribution in [0.15, 0.2) is 48.5 Å². The molecule has 2 atom stereocenters. The Balaban J connectivity index is 2.04. The Labute approximate surface area is 162 Å². The first-order valence-corrected chi connectivity index (χ1v) is 9.58. The molecule has 4 nitrogen and oxygen atoms in total. The van der Waals surface area contributed by atoms with E-state index in [1.165, 1.54) is 18.1 Å². The van der Waals surface area contributed by atoms with E-state index in [1.54, 1.807) is 24.3 Å². The van der Waals surface area contributed by atoms with Crippen molar-refractivity contribution < 1.29 is 9.59 Å². The molecule has 0 aromatic heterocycles. The van der Waals surface area contributed by atoms with E-state index in [2.05, 4.69) is 55.7 Å². The van der Waals surface area contributed by atoms with E-state index in [-0.39, 0.29) is 23.8 Å². The molecule has 0 bridgehead atoms. The summed E-state index contributed by atoms with van der Waals surface area (Å²) in [7, 11) is 0. The Morgan fingerprint density at radius 2 is 1.52 bits per heavy atom. The van der Waals surface area contributed by atoms with Crippen molar-refractivity contribution in [2.24, 2.45) is 5.92 Å². The van der Waals surface area contributed by atoms with E-state index < -0.39 is 0 Å². The van der Waals surface area contributed by atoms with Crippen molar-refractivity contribution in [1.82, 2.24) is 5.32 Å². The largest absolute Gasteiger partial charge is 0.325 e. The van der Waals surface area contributed by atoms with Crippen LogP contribution in [-0.4, -0.2) is 17.7 Å². The molecule has 2 aromatic carbocycles. The van der Waals surface area contributed by atoms with Crippen molar-refractivity contribution in [3.63, 3.8) is 0 Å². The highest BCUT2D eigenvalue weighted by molar-refractivity contribution is 5.97. The van der Waals surface area contributed by atoms with Gasteiger partial charge in [-0.1, -0.05) is 45.0 Å². The summed E-state index contributed by atoms with van der Waals surface area (Å²) in [5, 5.41) is 6.36. The topological polar surface area (TPSA) is 58.2 Å². The van der Waals surface area contributed by atoms with E-state index >= 15 is 0 Å². The average Bonchev–Trinajstić information content (AvgIpc) is 2.66. The van der Waals surface area contributed by atoms with Crippen LogP contribution in [-0.2, 0) is 11.2 Å². The molecular formula is C23H30N2O2. The highest BCUT2D eigenvalue weighted by Crippen LogP contribution is 2.23. The number of hydrogen-bond donors (Lipinski definition) is 2. The third-order valence-corrected chi connectivity index (χ3v) is 4.80. The summed E-state index contributed by atoms with van der Waals surface area (Å²) >= 11 is 0. The monoisotopic (exact) mass is 366 g/mol. The van der Waals surface area contributed by atoms with Crippen molar-refractivity contribution in [2.45, 2.75) is 53.1 Å². The SMILES string of the molecule is CCc1ccc([C@@H](N[C@H](C)C(=O)Nc2ccc(C(C)=O)cc2)C(C)C)cc1. The Morgan fingerprint density at radius 1 is 0.926 bits per heavy atom. The van der Waals surface area contributed by atoms with Crippen molar-refractivity contribution in [3.05, 3.63) is 65.2 Å². The summed E-state index contributed by atoms with van der Waals surface area (Å²) in [6.45, 7) is 9.84. The van der Waals surface area contributed by atoms with Crippen LogP contribution >= 0.6 is 0 Å². The fourth-order valence-electron chi connectivity index (χ4n) is 3.02. The molecule has 0 heterocycles. The lowest BCUT2D eigenvalue weighted by atomic mass is 9.94. The van der Waals surface area contributed by atoms with E-state index in [1.807, 2.05) is 6.92 Å². The molecule has 0 spiro atoms. The summed E-state index contributed by atoms with van der Waals surface area (Å²) in [6.07, 6.45) is 1.02. The van der Waals surface area contributed by atoms with Crippen LogP contribution in [0.4, 0.5) is 5.69 Å². The lowest BCUT2D eigenvalue weighted by Gasteiger charge is -2.26. The van der Waals surface area contributed by atoms with Gasteiger partial charge in [0.05, 0.1) is 6.04 Å². The minimum atomic E-state index is -0.351. The number of benzene rings is 2. The summed E-state index contributed by atoms with van der Waals surface area (Å²) < 4.78 is 0. The van der Waals surface area contributed by atoms with Crippen LogP contribution in [0.2, 0.25) is 0 Å². The van der Waals surface area contributed by atoms with Crippen molar-refractivity contribution in [1.29, 1.82) is 0 Å². The fourth-order valence-corrected chi connectivity index (χ4v) is 3.02. The van der Waals surface area contributed by atoms with Gasteiger partial charge in [0.1, 0.15) is 0 Å². The minimum Gasteiger partial charge on any atom is -0.325 e. The molecule has 0 aliphatic carbocycles. The Bertz CT molecular complexity index is 764. The van der Waals surface area contributed by atoms with Gasteiger partial charge in [-0.15, -0.1) is 0 Å². The molecule has 144 valence electrons. The van der Waals surface area contributed by atoms with Crippen LogP contribution in [0.5, 0.6) is 0 Å². The zero-order valence-corrected chi connectivity index (χ0v) is 16.9. The maximum absolute atomic E-state index is 12.6. The maximum Gasteiger partial charge on any atom is 0.241 e. The number of nitrogens with one attached hydrogen (secondary N) is 2. The maximum atomic E-state index is 12.6. The zero-order chi connectivity index (χ0) is 20.0. The molecule has 2 N–H and O–H groups in total. The molecule has 0 saturated heterocycles. The standard InChI is InChI=1S/C23H30N2O2/c1-6-18-7-9-20(10-8-18)22(15(2)3)24-16(4)23(27)25-21-13-11-19(12-14-21)17(5)26/h7-16,22,24H,6H2,1-5H3,(H,25,27)/t16-,22+/m1/s1. The molecule has 0 fully saturated rings. The molecule has 1 amide bonds. The fraction of sp³-hybridized carbons (Fsp3) is 0.391. The van der Waals surface area contributed by atoms with Gasteiger partial charge in [0.2, 0.25) is 5.91 Å². The molecule has 4 heteroatoms. The highest BCUT2D eigenvalue weighted by Gasteiger charge is 2.22. The van der Waals surface area contributed by atoms with Crippen LogP contribution in [0.1, 0.15) is 62.1 Å². The number of anilines is 1. The Morgan fingerprint density at radius 3 is 2.00 bits per heavy atom. The van der Waals surface area contributed by atoms with Gasteiger partial charge >= 0.3 is 0 Å². The number of Topliss-reactive ketones (excluding diaryl/α,β-unsaturated/α-hetero) is 1. The van der Waals surface area contributed by atoms with Crippen molar-refractivity contribution in [2.75, 3.05) is 5.32 Å². The number of hydrogen-bond acceptors (Lipinski definition) is 3. The Hall–Kier alpha value is -2.46. The van der Waals surface area contributed by atoms with Crippen LogP contribution in [0.3, 0.4) is 0 Å². The van der Waals surface area contributed by atoms with Crippen LogP contribution in [0.25, 0.3) is 0 Å². The summed E-state index contributed by atoms with van der Waals surface area (Å²) in [6, 6.07) is 15.3. The third kappa shape index (κ3) is 5.76. The van der Waals surface area contributed by atoms with E-state index in [0.29, 0.717) is 17.2 Å². The molecule has 0 unspecified atom stereocenters. The number of aryl methyl sites for hydroxylation is 1. The highest BCUT2D eigenvalue weighted by atomic mass is 16.2. The van der Waals surface area contributed by atoms with Gasteiger partial charge in [-0.05, 0) is 61.6 Å². The number of ketones is 1. The second kappa shape index (κ2) is 9.47. The van der Waals surface area contributed by atoms with E-state index in [4.69, 9.17) is 0 Å². The van der Waals surface area contributed by atoms with Gasteiger partial charge in [-0.2, -0.15) is 0 Å².